The number of carbonyl (C=O) groups is 1. The van der Waals surface area contributed by atoms with Gasteiger partial charge in [0.05, 0.1) is 18.2 Å². The van der Waals surface area contributed by atoms with Gasteiger partial charge in [-0.05, 0) is 58.8 Å². The molecule has 0 aliphatic carbocycles. The van der Waals surface area contributed by atoms with Crippen molar-refractivity contribution in [3.8, 4) is 0 Å². The van der Waals surface area contributed by atoms with Gasteiger partial charge in [0.25, 0.3) is 5.56 Å². The second-order valence-corrected chi connectivity index (χ2v) is 9.12. The maximum absolute atomic E-state index is 13.1. The first-order valence-electron chi connectivity index (χ1n) is 12.0. The van der Waals surface area contributed by atoms with E-state index in [0.717, 1.165) is 22.0 Å². The van der Waals surface area contributed by atoms with E-state index in [0.29, 0.717) is 24.5 Å². The van der Waals surface area contributed by atoms with Crippen LogP contribution in [-0.2, 0) is 29.2 Å². The van der Waals surface area contributed by atoms with Crippen LogP contribution in [0.4, 0.5) is 0 Å². The molecule has 1 atom stereocenters. The number of para-hydroxylation sites is 1. The quantitative estimate of drug-likeness (QED) is 0.337. The predicted molar refractivity (Wildman–Crippen MR) is 135 cm³/mol. The predicted octanol–water partition coefficient (Wildman–Crippen LogP) is 3.18. The summed E-state index contributed by atoms with van der Waals surface area (Å²) < 4.78 is 6.58. The Balaban J connectivity index is 1.75. The standard InChI is InChI=1S/C26H31N7O3/c1-5-36-22(34)16-33-25(29-30-31-33)24(17(2)3)32(14-19-9-7-11-27-13-19)15-21-12-20-10-6-8-18(4)23(20)28-26(21)35/h6-13,17,24H,5,14-16H2,1-4H3,(H,28,35)/t24-/m0/s1. The molecule has 10 nitrogen and oxygen atoms in total. The maximum atomic E-state index is 13.1. The van der Waals surface area contributed by atoms with E-state index in [9.17, 15) is 9.59 Å². The third kappa shape index (κ3) is 5.65. The average molecular weight is 490 g/mol. The molecule has 188 valence electrons. The van der Waals surface area contributed by atoms with E-state index in [-0.39, 0.29) is 30.7 Å². The first-order valence-corrected chi connectivity index (χ1v) is 12.0. The van der Waals surface area contributed by atoms with E-state index in [1.54, 1.807) is 19.3 Å². The van der Waals surface area contributed by atoms with Gasteiger partial charge in [0.2, 0.25) is 0 Å². The highest BCUT2D eigenvalue weighted by atomic mass is 16.5. The first kappa shape index (κ1) is 25.2. The maximum Gasteiger partial charge on any atom is 0.327 e. The van der Waals surface area contributed by atoms with Crippen LogP contribution in [0.3, 0.4) is 0 Å². The normalized spacial score (nSPS) is 12.4. The van der Waals surface area contributed by atoms with Crippen LogP contribution in [-0.4, -0.2) is 47.7 Å². The number of aromatic nitrogens is 6. The number of nitrogens with one attached hydrogen (secondary N) is 1. The lowest BCUT2D eigenvalue weighted by molar-refractivity contribution is -0.144. The summed E-state index contributed by atoms with van der Waals surface area (Å²) in [5.74, 6) is 0.194. The lowest BCUT2D eigenvalue weighted by atomic mass is 9.99. The van der Waals surface area contributed by atoms with Crippen LogP contribution >= 0.6 is 0 Å². The molecule has 36 heavy (non-hydrogen) atoms. The Morgan fingerprint density at radius 1 is 1.19 bits per heavy atom. The summed E-state index contributed by atoms with van der Waals surface area (Å²) in [4.78, 5) is 34.8. The number of benzene rings is 1. The number of carbonyl (C=O) groups excluding carboxylic acids is 1. The lowest BCUT2D eigenvalue weighted by Gasteiger charge is -2.33. The number of pyridine rings is 2. The summed E-state index contributed by atoms with van der Waals surface area (Å²) in [7, 11) is 0. The van der Waals surface area contributed by atoms with Crippen molar-refractivity contribution < 1.29 is 9.53 Å². The molecule has 0 bridgehead atoms. The number of hydrogen-bond acceptors (Lipinski definition) is 8. The monoisotopic (exact) mass is 489 g/mol. The van der Waals surface area contributed by atoms with Crippen LogP contribution in [0, 0.1) is 12.8 Å². The van der Waals surface area contributed by atoms with Crippen molar-refractivity contribution in [3.63, 3.8) is 0 Å². The van der Waals surface area contributed by atoms with Crippen molar-refractivity contribution in [2.45, 2.75) is 53.4 Å². The number of ether oxygens (including phenoxy) is 1. The Morgan fingerprint density at radius 2 is 2.03 bits per heavy atom. The Morgan fingerprint density at radius 3 is 2.75 bits per heavy atom. The molecule has 10 heteroatoms. The van der Waals surface area contributed by atoms with Crippen LogP contribution in [0.25, 0.3) is 10.9 Å². The van der Waals surface area contributed by atoms with Gasteiger partial charge in [-0.1, -0.05) is 38.1 Å². The molecular weight excluding hydrogens is 458 g/mol. The molecule has 0 spiro atoms. The minimum absolute atomic E-state index is 0.0652. The molecule has 0 aliphatic rings. The Kier molecular flexibility index (Phi) is 7.84. The average Bonchev–Trinajstić information content (AvgIpc) is 3.28. The molecule has 0 saturated heterocycles. The van der Waals surface area contributed by atoms with Crippen molar-refractivity contribution in [1.82, 2.24) is 35.1 Å². The van der Waals surface area contributed by atoms with Gasteiger partial charge >= 0.3 is 5.97 Å². The number of nitrogens with zero attached hydrogens (tertiary/aromatic N) is 6. The number of aryl methyl sites for hydroxylation is 1. The summed E-state index contributed by atoms with van der Waals surface area (Å²) in [5.41, 5.74) is 3.33. The van der Waals surface area contributed by atoms with Gasteiger partial charge in [-0.15, -0.1) is 5.10 Å². The number of tetrazole rings is 1. The van der Waals surface area contributed by atoms with Crippen molar-refractivity contribution in [1.29, 1.82) is 0 Å². The second-order valence-electron chi connectivity index (χ2n) is 9.12. The van der Waals surface area contributed by atoms with E-state index >= 15 is 0 Å². The number of aromatic amines is 1. The summed E-state index contributed by atoms with van der Waals surface area (Å²) in [6.45, 7) is 8.92. The molecule has 1 aromatic carbocycles. The third-order valence-electron chi connectivity index (χ3n) is 6.08. The zero-order valence-electron chi connectivity index (χ0n) is 21.0. The zero-order chi connectivity index (χ0) is 25.7. The Hall–Kier alpha value is -3.92. The first-order chi connectivity index (χ1) is 17.4. The fraction of sp³-hybridized carbons (Fsp3) is 0.385. The largest absolute Gasteiger partial charge is 0.465 e. The molecule has 0 saturated carbocycles. The molecule has 1 N–H and O–H groups in total. The van der Waals surface area contributed by atoms with Crippen molar-refractivity contribution in [2.75, 3.05) is 6.61 Å². The highest BCUT2D eigenvalue weighted by Gasteiger charge is 2.30. The van der Waals surface area contributed by atoms with E-state index < -0.39 is 5.97 Å². The van der Waals surface area contributed by atoms with Gasteiger partial charge in [-0.2, -0.15) is 0 Å². The third-order valence-corrected chi connectivity index (χ3v) is 6.08. The van der Waals surface area contributed by atoms with Gasteiger partial charge < -0.3 is 9.72 Å². The van der Waals surface area contributed by atoms with Gasteiger partial charge in [-0.25, -0.2) is 4.68 Å². The smallest absolute Gasteiger partial charge is 0.327 e. The molecule has 3 aromatic heterocycles. The number of hydrogen-bond donors (Lipinski definition) is 1. The van der Waals surface area contributed by atoms with Crippen LogP contribution < -0.4 is 5.56 Å². The second kappa shape index (κ2) is 11.2. The van der Waals surface area contributed by atoms with Crippen LogP contribution in [0.15, 0.2) is 53.6 Å². The Bertz CT molecular complexity index is 1380. The molecule has 4 rings (SSSR count). The fourth-order valence-corrected chi connectivity index (χ4v) is 4.49. The topological polar surface area (TPSA) is 119 Å². The number of fused-ring (bicyclic) bond motifs is 1. The summed E-state index contributed by atoms with van der Waals surface area (Å²) in [6, 6.07) is 11.5. The molecule has 3 heterocycles. The van der Waals surface area contributed by atoms with Crippen LogP contribution in [0.5, 0.6) is 0 Å². The molecule has 0 aliphatic heterocycles. The van der Waals surface area contributed by atoms with Gasteiger partial charge in [0, 0.05) is 31.0 Å². The molecule has 0 amide bonds. The summed E-state index contributed by atoms with van der Waals surface area (Å²) in [5, 5.41) is 13.2. The van der Waals surface area contributed by atoms with Crippen molar-refractivity contribution in [2.24, 2.45) is 5.92 Å². The van der Waals surface area contributed by atoms with Gasteiger partial charge in [0.1, 0.15) is 6.54 Å². The van der Waals surface area contributed by atoms with E-state index in [2.05, 4.69) is 44.2 Å². The lowest BCUT2D eigenvalue weighted by Crippen LogP contribution is -2.35. The molecule has 0 radical (unpaired) electrons. The highest BCUT2D eigenvalue weighted by molar-refractivity contribution is 5.81. The SMILES string of the molecule is CCOC(=O)Cn1nnnc1[C@H](C(C)C)N(Cc1cccnc1)Cc1cc2cccc(C)c2[nH]c1=O. The summed E-state index contributed by atoms with van der Waals surface area (Å²) >= 11 is 0. The van der Waals surface area contributed by atoms with Gasteiger partial charge in [0.15, 0.2) is 5.82 Å². The molecule has 0 fully saturated rings. The van der Waals surface area contributed by atoms with Crippen molar-refractivity contribution in [3.05, 3.63) is 81.7 Å². The number of H-pyrrole nitrogens is 1. The van der Waals surface area contributed by atoms with Crippen LogP contribution in [0.1, 0.15) is 49.3 Å². The fourth-order valence-electron chi connectivity index (χ4n) is 4.49. The van der Waals surface area contributed by atoms with E-state index in [1.807, 2.05) is 43.3 Å². The zero-order valence-corrected chi connectivity index (χ0v) is 21.0. The number of esters is 1. The minimum Gasteiger partial charge on any atom is -0.465 e. The van der Waals surface area contributed by atoms with Gasteiger partial charge in [-0.3, -0.25) is 19.5 Å². The molecular formula is C26H31N7O3. The van der Waals surface area contributed by atoms with E-state index in [1.165, 1.54) is 4.68 Å². The summed E-state index contributed by atoms with van der Waals surface area (Å²) in [6.07, 6.45) is 3.53. The van der Waals surface area contributed by atoms with E-state index in [4.69, 9.17) is 4.74 Å². The van der Waals surface area contributed by atoms with Crippen molar-refractivity contribution >= 4 is 16.9 Å². The Labute approximate surface area is 209 Å². The highest BCUT2D eigenvalue weighted by Crippen LogP contribution is 2.30. The minimum atomic E-state index is -0.409. The van der Waals surface area contributed by atoms with Crippen LogP contribution in [0.2, 0.25) is 0 Å². The molecule has 0 unspecified atom stereocenters. The molecule has 4 aromatic rings. The number of rotatable bonds is 10.